The Morgan fingerprint density at radius 1 is 1.26 bits per heavy atom. The third-order valence-corrected chi connectivity index (χ3v) is 4.72. The van der Waals surface area contributed by atoms with Crippen molar-refractivity contribution < 1.29 is 14.1 Å². The molecule has 0 aliphatic heterocycles. The molecule has 0 spiro atoms. The van der Waals surface area contributed by atoms with Crippen LogP contribution in [0.15, 0.2) is 52.2 Å². The van der Waals surface area contributed by atoms with Gasteiger partial charge in [-0.05, 0) is 18.2 Å². The Bertz CT molecular complexity index is 893. The van der Waals surface area contributed by atoms with E-state index in [2.05, 4.69) is 24.0 Å². The molecule has 3 aromatic rings. The van der Waals surface area contributed by atoms with Crippen LogP contribution in [0.4, 0.5) is 5.69 Å². The molecule has 142 valence electrons. The minimum atomic E-state index is -0.447. The molecule has 0 saturated carbocycles. The van der Waals surface area contributed by atoms with E-state index in [1.165, 1.54) is 17.8 Å². The predicted octanol–water partition coefficient (Wildman–Crippen LogP) is 4.12. The van der Waals surface area contributed by atoms with Gasteiger partial charge in [0, 0.05) is 17.7 Å². The summed E-state index contributed by atoms with van der Waals surface area (Å²) in [6, 6.07) is 10.1. The fourth-order valence-corrected chi connectivity index (χ4v) is 3.32. The summed E-state index contributed by atoms with van der Waals surface area (Å²) in [5.74, 6) is 2.79. The van der Waals surface area contributed by atoms with Crippen molar-refractivity contribution in [3.05, 3.63) is 64.4 Å². The first kappa shape index (κ1) is 19.0. The first-order valence-corrected chi connectivity index (χ1v) is 9.49. The van der Waals surface area contributed by atoms with E-state index in [-0.39, 0.29) is 17.4 Å². The smallest absolute Gasteiger partial charge is 0.310 e. The topological polar surface area (TPSA) is 96.2 Å². The molecule has 0 radical (unpaired) electrons. The van der Waals surface area contributed by atoms with Gasteiger partial charge in [0.2, 0.25) is 0 Å². The first-order chi connectivity index (χ1) is 13.1. The maximum atomic E-state index is 11.0. The lowest BCUT2D eigenvalue weighted by atomic mass is 10.2. The maximum absolute atomic E-state index is 11.0. The lowest BCUT2D eigenvalue weighted by molar-refractivity contribution is -0.385. The Morgan fingerprint density at radius 2 is 2.07 bits per heavy atom. The van der Waals surface area contributed by atoms with Crippen LogP contribution in [0.2, 0.25) is 0 Å². The molecular formula is C18H20N4O4S. The molecule has 0 N–H and O–H groups in total. The number of nitro groups is 1. The van der Waals surface area contributed by atoms with E-state index < -0.39 is 4.92 Å². The second kappa shape index (κ2) is 8.72. The van der Waals surface area contributed by atoms with Crippen LogP contribution in [0.3, 0.4) is 0 Å². The zero-order chi connectivity index (χ0) is 19.2. The van der Waals surface area contributed by atoms with E-state index in [0.29, 0.717) is 18.9 Å². The van der Waals surface area contributed by atoms with Crippen molar-refractivity contribution in [2.24, 2.45) is 0 Å². The highest BCUT2D eigenvalue weighted by Gasteiger charge is 2.17. The molecule has 0 amide bonds. The number of nitrogens with zero attached hydrogens (tertiary/aromatic N) is 4. The molecule has 2 aromatic heterocycles. The van der Waals surface area contributed by atoms with Gasteiger partial charge >= 0.3 is 5.69 Å². The molecule has 0 bridgehead atoms. The van der Waals surface area contributed by atoms with Gasteiger partial charge in [0.25, 0.3) is 0 Å². The van der Waals surface area contributed by atoms with Gasteiger partial charge in [-0.1, -0.05) is 37.7 Å². The van der Waals surface area contributed by atoms with Gasteiger partial charge in [-0.2, -0.15) is 0 Å². The van der Waals surface area contributed by atoms with E-state index in [9.17, 15) is 10.1 Å². The summed E-state index contributed by atoms with van der Waals surface area (Å²) >= 11 is 1.49. The number of hydrogen-bond acceptors (Lipinski definition) is 7. The Balaban J connectivity index is 1.64. The minimum Gasteiger partial charge on any atom is -0.486 e. The molecule has 8 nitrogen and oxygen atoms in total. The zero-order valence-corrected chi connectivity index (χ0v) is 15.9. The number of thioether (sulfide) groups is 1. The molecule has 27 heavy (non-hydrogen) atoms. The fourth-order valence-electron chi connectivity index (χ4n) is 2.56. The van der Waals surface area contributed by atoms with Crippen LogP contribution >= 0.6 is 11.8 Å². The summed E-state index contributed by atoms with van der Waals surface area (Å²) in [4.78, 5) is 10.6. The Morgan fingerprint density at radius 3 is 2.78 bits per heavy atom. The van der Waals surface area contributed by atoms with Gasteiger partial charge in [0.1, 0.15) is 11.6 Å². The van der Waals surface area contributed by atoms with Crippen molar-refractivity contribution in [1.82, 2.24) is 14.8 Å². The Kier molecular flexibility index (Phi) is 6.12. The number of rotatable bonds is 9. The summed E-state index contributed by atoms with van der Waals surface area (Å²) in [6.07, 6.45) is 1.64. The second-order valence-corrected chi connectivity index (χ2v) is 7.14. The molecule has 0 saturated heterocycles. The van der Waals surface area contributed by atoms with Gasteiger partial charge in [0.15, 0.2) is 10.9 Å². The molecule has 3 rings (SSSR count). The minimum absolute atomic E-state index is 0.0365. The zero-order valence-electron chi connectivity index (χ0n) is 15.1. The third-order valence-electron chi connectivity index (χ3n) is 3.79. The largest absolute Gasteiger partial charge is 0.486 e. The standard InChI is InChI=1S/C18H20N4O4S/c1-13(2)17-19-20-18(21(17)12-14-6-5-9-25-14)27-11-10-26-16-8-4-3-7-15(16)22(23)24/h3-9,13H,10-12H2,1-2H3. The lowest BCUT2D eigenvalue weighted by Crippen LogP contribution is -2.08. The molecule has 0 unspecified atom stereocenters. The van der Waals surface area contributed by atoms with Crippen LogP contribution < -0.4 is 4.74 Å². The third kappa shape index (κ3) is 4.68. The van der Waals surface area contributed by atoms with Crippen LogP contribution in [0.25, 0.3) is 0 Å². The van der Waals surface area contributed by atoms with Gasteiger partial charge in [-0.25, -0.2) is 0 Å². The van der Waals surface area contributed by atoms with Crippen molar-refractivity contribution in [1.29, 1.82) is 0 Å². The molecule has 0 aliphatic carbocycles. The van der Waals surface area contributed by atoms with E-state index in [4.69, 9.17) is 9.15 Å². The van der Waals surface area contributed by atoms with Gasteiger partial charge < -0.3 is 9.15 Å². The first-order valence-electron chi connectivity index (χ1n) is 8.50. The van der Waals surface area contributed by atoms with E-state index >= 15 is 0 Å². The van der Waals surface area contributed by atoms with Crippen molar-refractivity contribution in [2.45, 2.75) is 31.5 Å². The highest BCUT2D eigenvalue weighted by atomic mass is 32.2. The molecule has 2 heterocycles. The molecular weight excluding hydrogens is 368 g/mol. The molecule has 0 atom stereocenters. The number of aromatic nitrogens is 3. The van der Waals surface area contributed by atoms with E-state index in [0.717, 1.165) is 16.7 Å². The summed E-state index contributed by atoms with van der Waals surface area (Å²) < 4.78 is 13.1. The highest BCUT2D eigenvalue weighted by Crippen LogP contribution is 2.27. The Hall–Kier alpha value is -2.81. The fraction of sp³-hybridized carbons (Fsp3) is 0.333. The van der Waals surface area contributed by atoms with E-state index in [1.54, 1.807) is 24.5 Å². The number of furan rings is 1. The average molecular weight is 388 g/mol. The number of ether oxygens (including phenoxy) is 1. The highest BCUT2D eigenvalue weighted by molar-refractivity contribution is 7.99. The molecule has 1 aromatic carbocycles. The van der Waals surface area contributed by atoms with Crippen molar-refractivity contribution in [3.8, 4) is 5.75 Å². The van der Waals surface area contributed by atoms with Crippen LogP contribution in [0, 0.1) is 10.1 Å². The van der Waals surface area contributed by atoms with Crippen LogP contribution in [-0.2, 0) is 6.54 Å². The molecule has 0 aliphatic rings. The lowest BCUT2D eigenvalue weighted by Gasteiger charge is -2.11. The van der Waals surface area contributed by atoms with Crippen molar-refractivity contribution >= 4 is 17.4 Å². The summed E-state index contributed by atoms with van der Waals surface area (Å²) in [7, 11) is 0. The van der Waals surface area contributed by atoms with Crippen LogP contribution in [0.1, 0.15) is 31.4 Å². The number of hydrogen-bond donors (Lipinski definition) is 0. The summed E-state index contributed by atoms with van der Waals surface area (Å²) in [6.45, 7) is 5.00. The monoisotopic (exact) mass is 388 g/mol. The summed E-state index contributed by atoms with van der Waals surface area (Å²) in [5.41, 5.74) is -0.0365. The number of benzene rings is 1. The molecule has 9 heteroatoms. The average Bonchev–Trinajstić information content (AvgIpc) is 3.29. The van der Waals surface area contributed by atoms with Gasteiger partial charge in [-0.15, -0.1) is 10.2 Å². The molecule has 0 fully saturated rings. The van der Waals surface area contributed by atoms with Crippen molar-refractivity contribution in [2.75, 3.05) is 12.4 Å². The second-order valence-electron chi connectivity index (χ2n) is 6.08. The van der Waals surface area contributed by atoms with Gasteiger partial charge in [-0.3, -0.25) is 14.7 Å². The summed E-state index contributed by atoms with van der Waals surface area (Å²) in [5, 5.41) is 20.4. The normalized spacial score (nSPS) is 11.1. The SMILES string of the molecule is CC(C)c1nnc(SCCOc2ccccc2[N+](=O)[O-])n1Cc1ccco1. The Labute approximate surface area is 160 Å². The number of nitro benzene ring substituents is 1. The van der Waals surface area contributed by atoms with Crippen LogP contribution in [-0.4, -0.2) is 32.0 Å². The van der Waals surface area contributed by atoms with Crippen LogP contribution in [0.5, 0.6) is 5.75 Å². The quantitative estimate of drug-likeness (QED) is 0.235. The van der Waals surface area contributed by atoms with Crippen molar-refractivity contribution in [3.63, 3.8) is 0 Å². The number of para-hydroxylation sites is 2. The maximum Gasteiger partial charge on any atom is 0.310 e. The van der Waals surface area contributed by atoms with Gasteiger partial charge in [0.05, 0.1) is 24.3 Å². The predicted molar refractivity (Wildman–Crippen MR) is 101 cm³/mol. The van der Waals surface area contributed by atoms with E-state index in [1.807, 2.05) is 16.7 Å².